The van der Waals surface area contributed by atoms with E-state index in [2.05, 4.69) is 53.4 Å². The van der Waals surface area contributed by atoms with Crippen LogP contribution in [0.5, 0.6) is 5.75 Å². The molecule has 4 nitrogen and oxygen atoms in total. The van der Waals surface area contributed by atoms with E-state index in [0.717, 1.165) is 56.8 Å². The molecule has 4 fully saturated rings. The molecule has 0 saturated carbocycles. The van der Waals surface area contributed by atoms with Crippen LogP contribution in [0.3, 0.4) is 0 Å². The van der Waals surface area contributed by atoms with E-state index in [1.165, 1.54) is 31.5 Å². The van der Waals surface area contributed by atoms with Gasteiger partial charge in [0.2, 0.25) is 0 Å². The van der Waals surface area contributed by atoms with Crippen molar-refractivity contribution in [3.05, 3.63) is 65.7 Å². The normalized spacial score (nSPS) is 27.3. The van der Waals surface area contributed by atoms with Crippen LogP contribution in [0.25, 0.3) is 0 Å². The molecular weight excluding hydrogens is 422 g/mol. The van der Waals surface area contributed by atoms with Crippen molar-refractivity contribution >= 4 is 12.4 Å². The van der Waals surface area contributed by atoms with Gasteiger partial charge < -0.3 is 19.5 Å². The van der Waals surface area contributed by atoms with E-state index in [1.807, 2.05) is 6.07 Å². The number of fused-ring (bicyclic) bond motifs is 3. The van der Waals surface area contributed by atoms with Crippen molar-refractivity contribution in [2.24, 2.45) is 11.8 Å². The number of nitrogens with zero attached hydrogens (tertiary/aromatic N) is 1. The second-order valence-electron chi connectivity index (χ2n) is 9.57. The lowest BCUT2D eigenvalue weighted by Gasteiger charge is -2.51. The fraction of sp³-hybridized carbons (Fsp3) is 0.556. The van der Waals surface area contributed by atoms with Crippen molar-refractivity contribution in [2.75, 3.05) is 32.8 Å². The van der Waals surface area contributed by atoms with E-state index >= 15 is 0 Å². The van der Waals surface area contributed by atoms with Crippen molar-refractivity contribution in [1.29, 1.82) is 0 Å². The van der Waals surface area contributed by atoms with Gasteiger partial charge >= 0.3 is 0 Å². The summed E-state index contributed by atoms with van der Waals surface area (Å²) in [7, 11) is 0. The summed E-state index contributed by atoms with van der Waals surface area (Å²) in [6.45, 7) is 4.94. The molecule has 4 aliphatic rings. The molecule has 4 heterocycles. The van der Waals surface area contributed by atoms with Crippen LogP contribution < -0.4 is 4.74 Å². The number of hydrogen-bond donors (Lipinski definition) is 1. The average Bonchev–Trinajstić information content (AvgIpc) is 2.85. The molecule has 0 aliphatic carbocycles. The molecule has 0 aromatic heterocycles. The summed E-state index contributed by atoms with van der Waals surface area (Å²) >= 11 is 0. The maximum absolute atomic E-state index is 12.2. The zero-order valence-electron chi connectivity index (χ0n) is 18.8. The summed E-state index contributed by atoms with van der Waals surface area (Å²) < 4.78 is 11.9. The molecule has 4 saturated heterocycles. The first kappa shape index (κ1) is 23.6. The molecule has 0 radical (unpaired) electrons. The SMILES string of the molecule is Cl.OC(CCc1ccccc1OC1CCOCC1)(c1ccccc1)[C@H]1CN2CCC1CC2. The number of rotatable bonds is 7. The number of para-hydroxylation sites is 1. The van der Waals surface area contributed by atoms with E-state index in [1.54, 1.807) is 0 Å². The maximum atomic E-state index is 12.2. The van der Waals surface area contributed by atoms with Gasteiger partial charge in [-0.05, 0) is 61.9 Å². The Kier molecular flexibility index (Phi) is 7.78. The van der Waals surface area contributed by atoms with Crippen molar-refractivity contribution in [3.8, 4) is 5.75 Å². The first-order valence-electron chi connectivity index (χ1n) is 12.0. The highest BCUT2D eigenvalue weighted by Crippen LogP contribution is 2.46. The van der Waals surface area contributed by atoms with Gasteiger partial charge in [0.15, 0.2) is 0 Å². The molecule has 4 aliphatic heterocycles. The van der Waals surface area contributed by atoms with Gasteiger partial charge in [-0.15, -0.1) is 12.4 Å². The molecule has 2 aromatic carbocycles. The van der Waals surface area contributed by atoms with E-state index in [9.17, 15) is 5.11 Å². The van der Waals surface area contributed by atoms with Crippen LogP contribution >= 0.6 is 12.4 Å². The fourth-order valence-electron chi connectivity index (χ4n) is 5.90. The Labute approximate surface area is 198 Å². The first-order chi connectivity index (χ1) is 15.2. The Hall–Kier alpha value is -1.59. The summed E-state index contributed by atoms with van der Waals surface area (Å²) in [6, 6.07) is 18.8. The van der Waals surface area contributed by atoms with E-state index in [-0.39, 0.29) is 18.5 Å². The molecular formula is C27H36ClNO3. The van der Waals surface area contributed by atoms with Crippen LogP contribution in [0.2, 0.25) is 0 Å². The van der Waals surface area contributed by atoms with Crippen LogP contribution in [-0.2, 0) is 16.8 Å². The standard InChI is InChI=1S/C27H35NO3.ClH/c29-27(23-7-2-1-3-8-23,25-20-28-16-11-21(25)12-17-28)15-10-22-6-4-5-9-26(22)31-24-13-18-30-19-14-24;/h1-9,21,24-25,29H,10-20H2;1H/t25-,27?;/m0./s1. The average molecular weight is 458 g/mol. The number of ether oxygens (including phenoxy) is 2. The summed E-state index contributed by atoms with van der Waals surface area (Å²) in [5, 5.41) is 12.2. The van der Waals surface area contributed by atoms with Crippen LogP contribution in [0, 0.1) is 11.8 Å². The molecule has 1 N–H and O–H groups in total. The van der Waals surface area contributed by atoms with Gasteiger partial charge in [-0.1, -0.05) is 48.5 Å². The Morgan fingerprint density at radius 2 is 1.62 bits per heavy atom. The lowest BCUT2D eigenvalue weighted by Crippen LogP contribution is -2.55. The van der Waals surface area contributed by atoms with E-state index in [4.69, 9.17) is 9.47 Å². The van der Waals surface area contributed by atoms with Gasteiger partial charge in [-0.3, -0.25) is 0 Å². The molecule has 2 atom stereocenters. The highest BCUT2D eigenvalue weighted by Gasteiger charge is 2.47. The fourth-order valence-corrected chi connectivity index (χ4v) is 5.90. The quantitative estimate of drug-likeness (QED) is 0.646. The van der Waals surface area contributed by atoms with E-state index < -0.39 is 5.60 Å². The lowest BCUT2D eigenvalue weighted by atomic mass is 9.66. The van der Waals surface area contributed by atoms with Crippen LogP contribution in [0.4, 0.5) is 0 Å². The molecule has 174 valence electrons. The van der Waals surface area contributed by atoms with Gasteiger partial charge in [-0.25, -0.2) is 0 Å². The smallest absolute Gasteiger partial charge is 0.122 e. The minimum atomic E-state index is -0.809. The monoisotopic (exact) mass is 457 g/mol. The first-order valence-corrected chi connectivity index (χ1v) is 12.0. The molecule has 2 aromatic rings. The Morgan fingerprint density at radius 1 is 0.938 bits per heavy atom. The highest BCUT2D eigenvalue weighted by atomic mass is 35.5. The molecule has 2 bridgehead atoms. The third-order valence-electron chi connectivity index (χ3n) is 7.75. The van der Waals surface area contributed by atoms with Crippen LogP contribution in [0.1, 0.15) is 43.2 Å². The van der Waals surface area contributed by atoms with Crippen LogP contribution in [0.15, 0.2) is 54.6 Å². The molecule has 6 rings (SSSR count). The second kappa shape index (κ2) is 10.6. The molecule has 0 spiro atoms. The summed E-state index contributed by atoms with van der Waals surface area (Å²) in [6.07, 6.45) is 6.08. The molecule has 1 unspecified atom stereocenters. The summed E-state index contributed by atoms with van der Waals surface area (Å²) in [5.74, 6) is 1.88. The lowest BCUT2D eigenvalue weighted by molar-refractivity contribution is -0.106. The van der Waals surface area contributed by atoms with Gasteiger partial charge in [0.25, 0.3) is 0 Å². The minimum Gasteiger partial charge on any atom is -0.490 e. The van der Waals surface area contributed by atoms with Crippen molar-refractivity contribution in [1.82, 2.24) is 4.90 Å². The summed E-state index contributed by atoms with van der Waals surface area (Å²) in [4.78, 5) is 2.54. The third-order valence-corrected chi connectivity index (χ3v) is 7.75. The van der Waals surface area contributed by atoms with Crippen LogP contribution in [-0.4, -0.2) is 49.0 Å². The second-order valence-corrected chi connectivity index (χ2v) is 9.57. The van der Waals surface area contributed by atoms with Crippen molar-refractivity contribution in [2.45, 2.75) is 50.2 Å². The topological polar surface area (TPSA) is 41.9 Å². The largest absolute Gasteiger partial charge is 0.490 e. The number of benzene rings is 2. The maximum Gasteiger partial charge on any atom is 0.122 e. The molecule has 0 amide bonds. The van der Waals surface area contributed by atoms with Gasteiger partial charge in [0, 0.05) is 25.3 Å². The number of aryl methyl sites for hydroxylation is 1. The predicted molar refractivity (Wildman–Crippen MR) is 129 cm³/mol. The molecule has 5 heteroatoms. The van der Waals surface area contributed by atoms with Gasteiger partial charge in [0.1, 0.15) is 11.9 Å². The Bertz CT molecular complexity index is 849. The molecule has 32 heavy (non-hydrogen) atoms. The Balaban J connectivity index is 0.00000245. The zero-order valence-corrected chi connectivity index (χ0v) is 19.6. The highest BCUT2D eigenvalue weighted by molar-refractivity contribution is 5.85. The van der Waals surface area contributed by atoms with Gasteiger partial charge in [0.05, 0.1) is 18.8 Å². The van der Waals surface area contributed by atoms with Crippen molar-refractivity contribution < 1.29 is 14.6 Å². The number of hydrogen-bond acceptors (Lipinski definition) is 4. The van der Waals surface area contributed by atoms with Gasteiger partial charge in [-0.2, -0.15) is 0 Å². The number of halogens is 1. The summed E-state index contributed by atoms with van der Waals surface area (Å²) in [5.41, 5.74) is 1.46. The predicted octanol–water partition coefficient (Wildman–Crippen LogP) is 4.83. The number of aliphatic hydroxyl groups is 1. The van der Waals surface area contributed by atoms with E-state index in [0.29, 0.717) is 11.8 Å². The minimum absolute atomic E-state index is 0. The third kappa shape index (κ3) is 4.99. The van der Waals surface area contributed by atoms with Crippen molar-refractivity contribution in [3.63, 3.8) is 0 Å². The Morgan fingerprint density at radius 3 is 2.31 bits per heavy atom. The zero-order chi connectivity index (χ0) is 21.1. The number of piperidine rings is 3.